The van der Waals surface area contributed by atoms with Crippen molar-refractivity contribution >= 4 is 50.9 Å². The maximum absolute atomic E-state index is 13.0. The summed E-state index contributed by atoms with van der Waals surface area (Å²) in [4.78, 5) is 24.3. The van der Waals surface area contributed by atoms with E-state index in [9.17, 15) is 4.79 Å². The Labute approximate surface area is 168 Å². The number of benzene rings is 1. The van der Waals surface area contributed by atoms with E-state index in [0.717, 1.165) is 25.9 Å². The number of carbonyl (C=O) groups is 1. The van der Waals surface area contributed by atoms with Crippen molar-refractivity contribution in [3.8, 4) is 11.6 Å². The minimum Gasteiger partial charge on any atom is -0.435 e. The SMILES string of the molecule is O=C(NC1C2CCN(CC2)C1I)c1cccc2oc(-c3cscn3)nc12. The molecule has 0 spiro atoms. The number of aromatic nitrogens is 2. The first-order valence-electron chi connectivity index (χ1n) is 8.68. The number of fused-ring (bicyclic) bond motifs is 4. The van der Waals surface area contributed by atoms with Gasteiger partial charge in [-0.05, 0) is 44.0 Å². The molecule has 1 amide bonds. The van der Waals surface area contributed by atoms with Crippen molar-refractivity contribution in [3.05, 3.63) is 34.7 Å². The zero-order chi connectivity index (χ0) is 17.7. The second-order valence-corrected chi connectivity index (χ2v) is 8.79. The van der Waals surface area contributed by atoms with E-state index in [0.29, 0.717) is 38.2 Å². The van der Waals surface area contributed by atoms with Crippen LogP contribution in [0.3, 0.4) is 0 Å². The van der Waals surface area contributed by atoms with Crippen molar-refractivity contribution in [1.82, 2.24) is 20.2 Å². The number of piperidine rings is 3. The summed E-state index contributed by atoms with van der Waals surface area (Å²) in [7, 11) is 0. The van der Waals surface area contributed by atoms with Crippen LogP contribution in [0.15, 0.2) is 33.5 Å². The first-order valence-corrected chi connectivity index (χ1v) is 10.9. The van der Waals surface area contributed by atoms with Gasteiger partial charge in [0.15, 0.2) is 5.58 Å². The molecule has 1 aromatic carbocycles. The fourth-order valence-electron chi connectivity index (χ4n) is 3.95. The van der Waals surface area contributed by atoms with Crippen molar-refractivity contribution in [2.45, 2.75) is 22.9 Å². The van der Waals surface area contributed by atoms with E-state index < -0.39 is 0 Å². The van der Waals surface area contributed by atoms with E-state index in [-0.39, 0.29) is 11.9 Å². The Morgan fingerprint density at radius 3 is 2.92 bits per heavy atom. The molecule has 3 aromatic rings. The zero-order valence-corrected chi connectivity index (χ0v) is 16.9. The van der Waals surface area contributed by atoms with Gasteiger partial charge in [-0.1, -0.05) is 28.7 Å². The van der Waals surface area contributed by atoms with Gasteiger partial charge >= 0.3 is 0 Å². The van der Waals surface area contributed by atoms with Gasteiger partial charge in [0, 0.05) is 5.38 Å². The number of rotatable bonds is 3. The molecule has 3 aliphatic heterocycles. The third-order valence-electron chi connectivity index (χ3n) is 5.34. The van der Waals surface area contributed by atoms with Gasteiger partial charge in [-0.3, -0.25) is 9.69 Å². The zero-order valence-electron chi connectivity index (χ0n) is 13.9. The summed E-state index contributed by atoms with van der Waals surface area (Å²) in [6.45, 7) is 2.28. The Morgan fingerprint density at radius 1 is 1.35 bits per heavy atom. The molecule has 0 radical (unpaired) electrons. The minimum absolute atomic E-state index is 0.0749. The average Bonchev–Trinajstić information content (AvgIpc) is 3.33. The molecule has 134 valence electrons. The van der Waals surface area contributed by atoms with Crippen LogP contribution in [0.5, 0.6) is 0 Å². The van der Waals surface area contributed by atoms with Crippen molar-refractivity contribution in [2.75, 3.05) is 13.1 Å². The summed E-state index contributed by atoms with van der Waals surface area (Å²) in [5.41, 5.74) is 4.21. The molecule has 3 fully saturated rings. The predicted octanol–water partition coefficient (Wildman–Crippen LogP) is 3.54. The van der Waals surface area contributed by atoms with Crippen molar-refractivity contribution in [2.24, 2.45) is 5.92 Å². The fraction of sp³-hybridized carbons (Fsp3) is 0.389. The largest absolute Gasteiger partial charge is 0.435 e. The van der Waals surface area contributed by atoms with Crippen LogP contribution in [-0.4, -0.2) is 44.0 Å². The molecule has 1 N–H and O–H groups in total. The van der Waals surface area contributed by atoms with Gasteiger partial charge in [-0.25, -0.2) is 9.97 Å². The second-order valence-electron chi connectivity index (χ2n) is 6.79. The highest BCUT2D eigenvalue weighted by molar-refractivity contribution is 14.1. The monoisotopic (exact) mass is 480 g/mol. The van der Waals surface area contributed by atoms with Gasteiger partial charge in [0.2, 0.25) is 5.89 Å². The molecular weight excluding hydrogens is 463 g/mol. The van der Waals surface area contributed by atoms with Crippen molar-refractivity contribution in [1.29, 1.82) is 0 Å². The summed E-state index contributed by atoms with van der Waals surface area (Å²) in [6, 6.07) is 5.68. The number of hydrogen-bond donors (Lipinski definition) is 1. The number of para-hydroxylation sites is 1. The molecule has 26 heavy (non-hydrogen) atoms. The van der Waals surface area contributed by atoms with Crippen LogP contribution in [-0.2, 0) is 0 Å². The molecule has 2 unspecified atom stereocenters. The standard InChI is InChI=1S/C18H17IN4O2S/c19-16-14(10-4-6-23(16)7-5-10)21-17(24)11-2-1-3-13-15(11)22-18(25-13)12-8-26-9-20-12/h1-3,8-10,14,16H,4-7H2,(H,21,24). The second kappa shape index (κ2) is 6.58. The first kappa shape index (κ1) is 16.6. The number of oxazole rings is 1. The maximum atomic E-state index is 13.0. The molecular formula is C18H17IN4O2S. The van der Waals surface area contributed by atoms with Gasteiger partial charge in [0.1, 0.15) is 11.2 Å². The third kappa shape index (κ3) is 2.74. The van der Waals surface area contributed by atoms with Crippen LogP contribution < -0.4 is 5.32 Å². The first-order chi connectivity index (χ1) is 12.7. The van der Waals surface area contributed by atoms with E-state index >= 15 is 0 Å². The Bertz CT molecular complexity index is 947. The van der Waals surface area contributed by atoms with Crippen molar-refractivity contribution < 1.29 is 9.21 Å². The molecule has 0 saturated carbocycles. The quantitative estimate of drug-likeness (QED) is 0.353. The van der Waals surface area contributed by atoms with Gasteiger partial charge in [-0.15, -0.1) is 11.3 Å². The van der Waals surface area contributed by atoms with E-state index in [1.807, 2.05) is 23.6 Å². The Morgan fingerprint density at radius 2 is 2.19 bits per heavy atom. The molecule has 2 aromatic heterocycles. The van der Waals surface area contributed by atoms with Gasteiger partial charge in [-0.2, -0.15) is 0 Å². The number of nitrogens with one attached hydrogen (secondary N) is 1. The number of alkyl halides is 1. The third-order valence-corrected chi connectivity index (χ3v) is 7.49. The van der Waals surface area contributed by atoms with Crippen LogP contribution in [0.2, 0.25) is 0 Å². The fourth-order valence-corrected chi connectivity index (χ4v) is 5.80. The minimum atomic E-state index is -0.0749. The number of halogens is 1. The number of thiazole rings is 1. The van der Waals surface area contributed by atoms with Gasteiger partial charge in [0.25, 0.3) is 5.91 Å². The molecule has 3 saturated heterocycles. The smallest absolute Gasteiger partial charge is 0.253 e. The number of hydrogen-bond acceptors (Lipinski definition) is 6. The topological polar surface area (TPSA) is 71.3 Å². The van der Waals surface area contributed by atoms with Crippen LogP contribution in [0.25, 0.3) is 22.7 Å². The molecule has 2 atom stereocenters. The highest BCUT2D eigenvalue weighted by atomic mass is 127. The number of carbonyl (C=O) groups excluding carboxylic acids is 1. The summed E-state index contributed by atoms with van der Waals surface area (Å²) in [5.74, 6) is 0.943. The van der Waals surface area contributed by atoms with Crippen molar-refractivity contribution in [3.63, 3.8) is 0 Å². The maximum Gasteiger partial charge on any atom is 0.253 e. The Hall–Kier alpha value is -1.52. The van der Waals surface area contributed by atoms with E-state index in [2.05, 4.69) is 42.8 Å². The molecule has 5 heterocycles. The molecule has 2 bridgehead atoms. The van der Waals surface area contributed by atoms with Crippen LogP contribution in [0.1, 0.15) is 23.2 Å². The van der Waals surface area contributed by atoms with E-state index in [4.69, 9.17) is 4.42 Å². The Balaban J connectivity index is 1.46. The lowest BCUT2D eigenvalue weighted by Crippen LogP contribution is -2.61. The van der Waals surface area contributed by atoms with E-state index in [1.54, 1.807) is 5.51 Å². The van der Waals surface area contributed by atoms with Crippen LogP contribution in [0.4, 0.5) is 0 Å². The average molecular weight is 480 g/mol. The van der Waals surface area contributed by atoms with Crippen LogP contribution >= 0.6 is 33.9 Å². The van der Waals surface area contributed by atoms with E-state index in [1.165, 1.54) is 11.3 Å². The summed E-state index contributed by atoms with van der Waals surface area (Å²) in [6.07, 6.45) is 2.32. The normalized spacial score (nSPS) is 27.7. The van der Waals surface area contributed by atoms with Gasteiger partial charge in [0.05, 0.1) is 21.2 Å². The predicted molar refractivity (Wildman–Crippen MR) is 108 cm³/mol. The lowest BCUT2D eigenvalue weighted by Gasteiger charge is -2.48. The summed E-state index contributed by atoms with van der Waals surface area (Å²) < 4.78 is 6.16. The van der Waals surface area contributed by atoms with Crippen LogP contribution in [0, 0.1) is 5.92 Å². The molecule has 8 heteroatoms. The summed E-state index contributed by atoms with van der Waals surface area (Å²) in [5, 5.41) is 5.16. The number of amides is 1. The lowest BCUT2D eigenvalue weighted by molar-refractivity contribution is 0.0554. The highest BCUT2D eigenvalue weighted by Gasteiger charge is 2.41. The lowest BCUT2D eigenvalue weighted by atomic mass is 9.84. The molecule has 6 rings (SSSR count). The Kier molecular flexibility index (Phi) is 4.21. The van der Waals surface area contributed by atoms with Gasteiger partial charge < -0.3 is 9.73 Å². The highest BCUT2D eigenvalue weighted by Crippen LogP contribution is 2.35. The molecule has 0 aliphatic carbocycles. The number of nitrogens with zero attached hydrogens (tertiary/aromatic N) is 3. The molecule has 3 aliphatic rings. The molecule has 6 nitrogen and oxygen atoms in total. The summed E-state index contributed by atoms with van der Waals surface area (Å²) >= 11 is 3.95.